The molecule has 1 fully saturated rings. The normalized spacial score (nSPS) is 19.1. The Labute approximate surface area is 72.2 Å². The first kappa shape index (κ1) is 9.48. The van der Waals surface area contributed by atoms with Crippen molar-refractivity contribution in [2.75, 3.05) is 19.8 Å². The predicted octanol–water partition coefficient (Wildman–Crippen LogP) is 0.481. The molecule has 4 nitrogen and oxygen atoms in total. The zero-order chi connectivity index (χ0) is 8.81. The van der Waals surface area contributed by atoms with Crippen molar-refractivity contribution >= 4 is 5.91 Å². The molecule has 0 unspecified atom stereocenters. The van der Waals surface area contributed by atoms with Crippen LogP contribution in [0.25, 0.3) is 0 Å². The molecule has 0 saturated carbocycles. The second-order valence-corrected chi connectivity index (χ2v) is 2.79. The van der Waals surface area contributed by atoms with E-state index >= 15 is 0 Å². The van der Waals surface area contributed by atoms with Gasteiger partial charge in [-0.25, -0.2) is 5.48 Å². The van der Waals surface area contributed by atoms with Gasteiger partial charge in [0.1, 0.15) is 0 Å². The number of carbonyl (C=O) groups excluding carboxylic acids is 1. The highest BCUT2D eigenvalue weighted by Crippen LogP contribution is 2.14. The van der Waals surface area contributed by atoms with Crippen LogP contribution in [0.3, 0.4) is 0 Å². The van der Waals surface area contributed by atoms with Gasteiger partial charge in [-0.3, -0.25) is 9.63 Å². The van der Waals surface area contributed by atoms with Gasteiger partial charge in [0.05, 0.1) is 6.61 Å². The lowest BCUT2D eigenvalue weighted by atomic mass is 10.0. The smallest absolute Gasteiger partial charge is 0.246 e. The van der Waals surface area contributed by atoms with Gasteiger partial charge in [-0.05, 0) is 19.8 Å². The number of nitrogens with one attached hydrogen (secondary N) is 1. The lowest BCUT2D eigenvalue weighted by molar-refractivity contribution is -0.140. The van der Waals surface area contributed by atoms with Crippen molar-refractivity contribution in [3.05, 3.63) is 0 Å². The Balaban J connectivity index is 2.20. The fraction of sp³-hybridized carbons (Fsp3) is 0.875. The maximum absolute atomic E-state index is 11.3. The molecule has 1 aliphatic heterocycles. The molecular formula is C8H15NO3. The van der Waals surface area contributed by atoms with Gasteiger partial charge in [0, 0.05) is 19.1 Å². The highest BCUT2D eigenvalue weighted by Gasteiger charge is 2.21. The summed E-state index contributed by atoms with van der Waals surface area (Å²) in [6.07, 6.45) is 1.61. The van der Waals surface area contributed by atoms with E-state index in [1.807, 2.05) is 6.92 Å². The van der Waals surface area contributed by atoms with Crippen LogP contribution >= 0.6 is 0 Å². The van der Waals surface area contributed by atoms with Crippen LogP contribution in [0.1, 0.15) is 19.8 Å². The second kappa shape index (κ2) is 5.11. The average Bonchev–Trinajstić information content (AvgIpc) is 2.15. The molecule has 0 aromatic carbocycles. The summed E-state index contributed by atoms with van der Waals surface area (Å²) in [6.45, 7) is 3.72. The van der Waals surface area contributed by atoms with E-state index in [1.165, 1.54) is 0 Å². The number of hydroxylamine groups is 1. The van der Waals surface area contributed by atoms with Crippen LogP contribution in [0.4, 0.5) is 0 Å². The van der Waals surface area contributed by atoms with Crippen LogP contribution in [-0.2, 0) is 14.4 Å². The number of hydrogen-bond acceptors (Lipinski definition) is 3. The molecule has 1 amide bonds. The molecule has 70 valence electrons. The largest absolute Gasteiger partial charge is 0.381 e. The fourth-order valence-corrected chi connectivity index (χ4v) is 1.19. The molecule has 1 N–H and O–H groups in total. The lowest BCUT2D eigenvalue weighted by Crippen LogP contribution is -2.34. The van der Waals surface area contributed by atoms with Crippen molar-refractivity contribution in [3.63, 3.8) is 0 Å². The Morgan fingerprint density at radius 1 is 1.58 bits per heavy atom. The number of carbonyl (C=O) groups is 1. The van der Waals surface area contributed by atoms with Gasteiger partial charge in [-0.15, -0.1) is 0 Å². The van der Waals surface area contributed by atoms with Crippen LogP contribution in [0.2, 0.25) is 0 Å². The summed E-state index contributed by atoms with van der Waals surface area (Å²) in [7, 11) is 0. The Morgan fingerprint density at radius 2 is 2.25 bits per heavy atom. The van der Waals surface area contributed by atoms with Crippen molar-refractivity contribution < 1.29 is 14.4 Å². The standard InChI is InChI=1S/C8H15NO3/c1-2-12-9-8(10)7-3-5-11-6-4-7/h7H,2-6H2,1H3,(H,9,10). The Hall–Kier alpha value is -0.610. The number of rotatable bonds is 3. The van der Waals surface area contributed by atoms with Crippen molar-refractivity contribution in [1.82, 2.24) is 5.48 Å². The second-order valence-electron chi connectivity index (χ2n) is 2.79. The molecule has 0 bridgehead atoms. The zero-order valence-electron chi connectivity index (χ0n) is 7.34. The topological polar surface area (TPSA) is 47.6 Å². The van der Waals surface area contributed by atoms with E-state index in [9.17, 15) is 4.79 Å². The minimum Gasteiger partial charge on any atom is -0.381 e. The van der Waals surface area contributed by atoms with Crippen molar-refractivity contribution in [1.29, 1.82) is 0 Å². The third-order valence-corrected chi connectivity index (χ3v) is 1.91. The highest BCUT2D eigenvalue weighted by molar-refractivity contribution is 5.77. The number of amides is 1. The van der Waals surface area contributed by atoms with Gasteiger partial charge in [0.2, 0.25) is 5.91 Å². The molecule has 0 aromatic heterocycles. The minimum absolute atomic E-state index is 0.0137. The van der Waals surface area contributed by atoms with Crippen LogP contribution in [0.5, 0.6) is 0 Å². The van der Waals surface area contributed by atoms with Crippen molar-refractivity contribution in [3.8, 4) is 0 Å². The van der Waals surface area contributed by atoms with Gasteiger partial charge >= 0.3 is 0 Å². The van der Waals surface area contributed by atoms with E-state index < -0.39 is 0 Å². The molecule has 1 saturated heterocycles. The van der Waals surface area contributed by atoms with E-state index in [4.69, 9.17) is 9.57 Å². The van der Waals surface area contributed by atoms with Gasteiger partial charge in [0.25, 0.3) is 0 Å². The van der Waals surface area contributed by atoms with E-state index in [0.717, 1.165) is 12.8 Å². The highest BCUT2D eigenvalue weighted by atomic mass is 16.6. The van der Waals surface area contributed by atoms with Crippen molar-refractivity contribution in [2.45, 2.75) is 19.8 Å². The van der Waals surface area contributed by atoms with Gasteiger partial charge < -0.3 is 4.74 Å². The monoisotopic (exact) mass is 173 g/mol. The van der Waals surface area contributed by atoms with Gasteiger partial charge in [0.15, 0.2) is 0 Å². The Bertz CT molecular complexity index is 143. The quantitative estimate of drug-likeness (QED) is 0.631. The van der Waals surface area contributed by atoms with Crippen LogP contribution < -0.4 is 5.48 Å². The molecule has 4 heteroatoms. The summed E-state index contributed by atoms with van der Waals surface area (Å²) >= 11 is 0. The van der Waals surface area contributed by atoms with E-state index in [0.29, 0.717) is 19.8 Å². The molecule has 0 radical (unpaired) electrons. The number of hydrogen-bond donors (Lipinski definition) is 1. The molecule has 0 aliphatic carbocycles. The zero-order valence-corrected chi connectivity index (χ0v) is 7.34. The van der Waals surface area contributed by atoms with Crippen LogP contribution in [0, 0.1) is 5.92 Å². The summed E-state index contributed by atoms with van der Waals surface area (Å²) in [6, 6.07) is 0. The molecule has 1 heterocycles. The number of ether oxygens (including phenoxy) is 1. The third kappa shape index (κ3) is 2.79. The predicted molar refractivity (Wildman–Crippen MR) is 43.3 cm³/mol. The maximum Gasteiger partial charge on any atom is 0.246 e. The Kier molecular flexibility index (Phi) is 4.04. The minimum atomic E-state index is -0.0137. The summed E-state index contributed by atoms with van der Waals surface area (Å²) in [5, 5.41) is 0. The first-order chi connectivity index (χ1) is 5.84. The summed E-state index contributed by atoms with van der Waals surface area (Å²) in [5.41, 5.74) is 2.41. The summed E-state index contributed by atoms with van der Waals surface area (Å²) < 4.78 is 5.13. The lowest BCUT2D eigenvalue weighted by Gasteiger charge is -2.20. The molecule has 1 aliphatic rings. The molecule has 1 rings (SSSR count). The average molecular weight is 173 g/mol. The van der Waals surface area contributed by atoms with Gasteiger partial charge in [-0.2, -0.15) is 0 Å². The maximum atomic E-state index is 11.3. The van der Waals surface area contributed by atoms with Crippen LogP contribution in [-0.4, -0.2) is 25.7 Å². The molecule has 0 aromatic rings. The summed E-state index contributed by atoms with van der Waals surface area (Å²) in [4.78, 5) is 16.1. The van der Waals surface area contributed by atoms with Crippen molar-refractivity contribution in [2.24, 2.45) is 5.92 Å². The van der Waals surface area contributed by atoms with Crippen LogP contribution in [0.15, 0.2) is 0 Å². The van der Waals surface area contributed by atoms with E-state index in [2.05, 4.69) is 5.48 Å². The first-order valence-electron chi connectivity index (χ1n) is 4.34. The fourth-order valence-electron chi connectivity index (χ4n) is 1.19. The van der Waals surface area contributed by atoms with E-state index in [-0.39, 0.29) is 11.8 Å². The molecule has 0 atom stereocenters. The Morgan fingerprint density at radius 3 is 2.83 bits per heavy atom. The third-order valence-electron chi connectivity index (χ3n) is 1.91. The summed E-state index contributed by atoms with van der Waals surface area (Å²) in [5.74, 6) is 0.0606. The van der Waals surface area contributed by atoms with E-state index in [1.54, 1.807) is 0 Å². The molecular weight excluding hydrogens is 158 g/mol. The molecule has 0 spiro atoms. The molecule has 12 heavy (non-hydrogen) atoms. The SMILES string of the molecule is CCONC(=O)C1CCOCC1. The van der Waals surface area contributed by atoms with Gasteiger partial charge in [-0.1, -0.05) is 0 Å². The first-order valence-corrected chi connectivity index (χ1v) is 4.34.